The molecule has 0 fully saturated rings. The van der Waals surface area contributed by atoms with Gasteiger partial charge in [-0.1, -0.05) is 16.9 Å². The van der Waals surface area contributed by atoms with Gasteiger partial charge in [-0.15, -0.1) is 23.1 Å². The van der Waals surface area contributed by atoms with E-state index in [0.29, 0.717) is 9.24 Å². The van der Waals surface area contributed by atoms with Gasteiger partial charge in [-0.2, -0.15) is 9.36 Å². The predicted molar refractivity (Wildman–Crippen MR) is 148 cm³/mol. The zero-order valence-electron chi connectivity index (χ0n) is 20.8. The van der Waals surface area contributed by atoms with E-state index in [1.165, 1.54) is 16.7 Å². The Hall–Kier alpha value is -3.58. The second-order valence-electron chi connectivity index (χ2n) is 7.95. The number of thiazole rings is 1. The number of aryl methyl sites for hydroxylation is 1. The van der Waals surface area contributed by atoms with Gasteiger partial charge >= 0.3 is 5.97 Å². The number of nitrogen functional groups attached to an aromatic ring is 1. The minimum Gasteiger partial charge on any atom is -0.548 e. The molecule has 5 N–H and O–H groups in total. The highest BCUT2D eigenvalue weighted by Gasteiger charge is 2.37. The number of hydrogen-bond donors (Lipinski definition) is 4. The van der Waals surface area contributed by atoms with E-state index >= 15 is 0 Å². The van der Waals surface area contributed by atoms with Crippen molar-refractivity contribution in [3.63, 3.8) is 0 Å². The highest BCUT2D eigenvalue weighted by molar-refractivity contribution is 8.07. The van der Waals surface area contributed by atoms with Crippen molar-refractivity contribution in [3.05, 3.63) is 46.0 Å². The topological polar surface area (TPSA) is 209 Å². The minimum atomic E-state index is -1.57. The van der Waals surface area contributed by atoms with Crippen LogP contribution in [0, 0.1) is 0 Å². The van der Waals surface area contributed by atoms with Gasteiger partial charge in [0.2, 0.25) is 11.5 Å². The third-order valence-corrected chi connectivity index (χ3v) is 8.96. The molecule has 1 aliphatic heterocycles. The fraction of sp³-hybridized carbons (Fsp3) is 0.273. The van der Waals surface area contributed by atoms with Crippen molar-refractivity contribution in [2.45, 2.75) is 28.7 Å². The van der Waals surface area contributed by atoms with E-state index in [-0.39, 0.29) is 23.3 Å². The van der Waals surface area contributed by atoms with Gasteiger partial charge in [-0.25, -0.2) is 14.3 Å². The summed E-state index contributed by atoms with van der Waals surface area (Å²) in [6.07, 6.45) is 3.79. The van der Waals surface area contributed by atoms with Crippen LogP contribution in [-0.2, 0) is 26.3 Å². The van der Waals surface area contributed by atoms with Gasteiger partial charge in [-0.3, -0.25) is 10.1 Å². The predicted octanol–water partition coefficient (Wildman–Crippen LogP) is -0.207. The van der Waals surface area contributed by atoms with Crippen molar-refractivity contribution in [1.82, 2.24) is 25.0 Å². The third kappa shape index (κ3) is 7.13. The van der Waals surface area contributed by atoms with E-state index in [9.17, 15) is 24.6 Å². The zero-order valence-corrected chi connectivity index (χ0v) is 24.1. The number of oxime groups is 1. The first-order valence-electron chi connectivity index (χ1n) is 11.4. The molecule has 4 rings (SSSR count). The third-order valence-electron chi connectivity index (χ3n) is 5.15. The van der Waals surface area contributed by atoms with E-state index in [0.717, 1.165) is 46.3 Å². The molecule has 1 unspecified atom stereocenters. The maximum absolute atomic E-state index is 13.0. The van der Waals surface area contributed by atoms with Crippen LogP contribution in [0.25, 0.3) is 11.3 Å². The molecule has 18 heteroatoms. The zero-order chi connectivity index (χ0) is 28.8. The van der Waals surface area contributed by atoms with E-state index in [4.69, 9.17) is 10.6 Å². The molecule has 0 bridgehead atoms. The summed E-state index contributed by atoms with van der Waals surface area (Å²) < 4.78 is 6.42. The Morgan fingerprint density at radius 3 is 2.73 bits per heavy atom. The number of aliphatic carboxylic acids is 2. The molecule has 1 aliphatic rings. The summed E-state index contributed by atoms with van der Waals surface area (Å²) in [6.45, 7) is 1.77. The van der Waals surface area contributed by atoms with Crippen LogP contribution in [0.5, 0.6) is 0 Å². The number of nitrogens with zero attached hydrogens (tertiary/aromatic N) is 5. The number of hydrogen-bond acceptors (Lipinski definition) is 15. The van der Waals surface area contributed by atoms with Gasteiger partial charge in [0.15, 0.2) is 27.9 Å². The molecule has 1 amide bonds. The SMILES string of the molecule is CCO/N=C(\C(=O)N[C@H](C(=O)O)[C@@H]1NC(C(=O)[O-])C(Sc2nc(-c3cc[n+](C)cc3)cs2)=CS1)c1nsc(N)n1. The molecule has 210 valence electrons. The average Bonchev–Trinajstić information content (AvgIpc) is 3.57. The molecule has 0 saturated heterocycles. The largest absolute Gasteiger partial charge is 0.548 e. The molecule has 40 heavy (non-hydrogen) atoms. The molecule has 14 nitrogen and oxygen atoms in total. The molecular formula is C22H22N8O6S4. The summed E-state index contributed by atoms with van der Waals surface area (Å²) >= 11 is 4.29. The first-order chi connectivity index (χ1) is 19.2. The number of rotatable bonds is 11. The van der Waals surface area contributed by atoms with Crippen LogP contribution >= 0.6 is 46.4 Å². The lowest BCUT2D eigenvalue weighted by Crippen LogP contribution is -2.60. The monoisotopic (exact) mass is 622 g/mol. The Kier molecular flexibility index (Phi) is 9.69. The highest BCUT2D eigenvalue weighted by Crippen LogP contribution is 2.38. The fourth-order valence-electron chi connectivity index (χ4n) is 3.27. The number of thioether (sulfide) groups is 2. The Labute approximate surface area is 243 Å². The second kappa shape index (κ2) is 13.2. The number of aromatic nitrogens is 4. The molecule has 0 aliphatic carbocycles. The molecule has 0 aromatic carbocycles. The molecule has 3 atom stereocenters. The smallest absolute Gasteiger partial charge is 0.328 e. The number of carbonyl (C=O) groups is 3. The highest BCUT2D eigenvalue weighted by atomic mass is 32.2. The number of nitrogens with two attached hydrogens (primary N) is 1. The van der Waals surface area contributed by atoms with Crippen molar-refractivity contribution in [2.24, 2.45) is 12.2 Å². The second-order valence-corrected chi connectivity index (χ2v) is 11.9. The molecule has 3 aromatic heterocycles. The number of nitrogens with one attached hydrogen (secondary N) is 2. The van der Waals surface area contributed by atoms with Gasteiger partial charge in [0.1, 0.15) is 13.7 Å². The summed E-state index contributed by atoms with van der Waals surface area (Å²) in [5.74, 6) is -3.96. The van der Waals surface area contributed by atoms with Crippen LogP contribution in [0.2, 0.25) is 0 Å². The number of pyridine rings is 1. The van der Waals surface area contributed by atoms with E-state index < -0.39 is 35.3 Å². The van der Waals surface area contributed by atoms with Crippen LogP contribution in [0.3, 0.4) is 0 Å². The molecule has 3 aromatic rings. The van der Waals surface area contributed by atoms with E-state index in [1.54, 1.807) is 6.92 Å². The average molecular weight is 623 g/mol. The molecular weight excluding hydrogens is 601 g/mol. The lowest BCUT2D eigenvalue weighted by atomic mass is 10.2. The number of anilines is 1. The lowest BCUT2D eigenvalue weighted by molar-refractivity contribution is -0.671. The Morgan fingerprint density at radius 2 is 2.10 bits per heavy atom. The fourth-order valence-corrected chi connectivity index (χ4v) is 6.84. The van der Waals surface area contributed by atoms with Gasteiger partial charge < -0.3 is 30.9 Å². The van der Waals surface area contributed by atoms with Crippen molar-refractivity contribution in [1.29, 1.82) is 0 Å². The van der Waals surface area contributed by atoms with Gasteiger partial charge in [0.05, 0.1) is 23.1 Å². The summed E-state index contributed by atoms with van der Waals surface area (Å²) in [5, 5.41) is 33.1. The van der Waals surface area contributed by atoms with Crippen molar-refractivity contribution in [3.8, 4) is 11.3 Å². The summed E-state index contributed by atoms with van der Waals surface area (Å²) in [5.41, 5.74) is 6.86. The van der Waals surface area contributed by atoms with E-state index in [1.807, 2.05) is 41.5 Å². The Morgan fingerprint density at radius 1 is 1.35 bits per heavy atom. The number of carbonyl (C=O) groups excluding carboxylic acids is 2. The van der Waals surface area contributed by atoms with Gasteiger partial charge in [0.25, 0.3) is 5.91 Å². The van der Waals surface area contributed by atoms with Crippen LogP contribution in [0.1, 0.15) is 12.7 Å². The number of carboxylic acid groups (broad SMARTS) is 2. The van der Waals surface area contributed by atoms with Crippen LogP contribution < -0.4 is 26.0 Å². The van der Waals surface area contributed by atoms with Gasteiger partial charge in [-0.05, 0) is 12.3 Å². The first kappa shape index (κ1) is 29.4. The quantitative estimate of drug-likeness (QED) is 0.124. The van der Waals surface area contributed by atoms with Crippen LogP contribution in [0.15, 0.2) is 49.7 Å². The lowest BCUT2D eigenvalue weighted by Gasteiger charge is -2.34. The summed E-state index contributed by atoms with van der Waals surface area (Å²) in [4.78, 5) is 50.9. The Balaban J connectivity index is 1.51. The maximum Gasteiger partial charge on any atom is 0.328 e. The van der Waals surface area contributed by atoms with Crippen molar-refractivity contribution in [2.75, 3.05) is 12.3 Å². The van der Waals surface area contributed by atoms with Crippen molar-refractivity contribution < 1.29 is 34.0 Å². The first-order valence-corrected chi connectivity index (χ1v) is 14.8. The van der Waals surface area contributed by atoms with Crippen LogP contribution in [0.4, 0.5) is 5.13 Å². The normalized spacial score (nSPS) is 18.1. The van der Waals surface area contributed by atoms with Gasteiger partial charge in [0, 0.05) is 39.5 Å². The van der Waals surface area contributed by atoms with Crippen molar-refractivity contribution >= 4 is 75.1 Å². The maximum atomic E-state index is 13.0. The molecule has 0 spiro atoms. The Bertz CT molecular complexity index is 1460. The van der Waals surface area contributed by atoms with Crippen LogP contribution in [-0.4, -0.2) is 67.1 Å². The number of amides is 1. The summed E-state index contributed by atoms with van der Waals surface area (Å²) in [7, 11) is 1.90. The molecule has 0 radical (unpaired) electrons. The molecule has 4 heterocycles. The molecule has 0 saturated carbocycles. The minimum absolute atomic E-state index is 0.0727. The van der Waals surface area contributed by atoms with E-state index in [2.05, 4.69) is 30.1 Å². The summed E-state index contributed by atoms with van der Waals surface area (Å²) in [6, 6.07) is 0.907. The standard InChI is InChI=1S/C22H22N8O6S4/c1-3-36-28-14(16-27-21(23)40-29-16)17(31)25-15(20(34)35)18-26-13(19(32)33)12(9-37-18)39-22-24-11(8-38-22)10-4-6-30(2)7-5-10/h4-9,13,15,18,26H,3H2,1-2H3,(H4-,23,25,27,29,31,32,33,34,35)/b28-14-/t13?,15-,18+/m0/s1. The number of carboxylic acids is 2.